The first kappa shape index (κ1) is 13.7. The Kier molecular flexibility index (Phi) is 3.66. The van der Waals surface area contributed by atoms with E-state index in [1.807, 2.05) is 0 Å². The van der Waals surface area contributed by atoms with Crippen LogP contribution in [-0.4, -0.2) is 15.8 Å². The summed E-state index contributed by atoms with van der Waals surface area (Å²) in [7, 11) is 0. The Morgan fingerprint density at radius 1 is 1.21 bits per heavy atom. The minimum absolute atomic E-state index is 0.211. The lowest BCUT2D eigenvalue weighted by atomic mass is 10.1. The number of nitrogens with zero attached hydrogens (tertiary/aromatic N) is 2. The summed E-state index contributed by atoms with van der Waals surface area (Å²) in [6.07, 6.45) is -1.60. The molecule has 2 aromatic rings. The highest BCUT2D eigenvalue weighted by atomic mass is 32.2. The largest absolute Gasteiger partial charge is 0.418 e. The van der Waals surface area contributed by atoms with Gasteiger partial charge in [-0.25, -0.2) is 4.98 Å². The second-order valence-corrected chi connectivity index (χ2v) is 4.39. The van der Waals surface area contributed by atoms with Crippen molar-refractivity contribution in [2.45, 2.75) is 11.3 Å². The van der Waals surface area contributed by atoms with Crippen molar-refractivity contribution in [3.8, 4) is 5.69 Å². The van der Waals surface area contributed by atoms with Crippen LogP contribution in [0.4, 0.5) is 13.2 Å². The average molecular weight is 286 g/mol. The summed E-state index contributed by atoms with van der Waals surface area (Å²) < 4.78 is 39.8. The lowest BCUT2D eigenvalue weighted by molar-refractivity contribution is -0.137. The van der Waals surface area contributed by atoms with Gasteiger partial charge in [-0.1, -0.05) is 23.9 Å². The molecule has 0 fully saturated rings. The molecule has 100 valence electrons. The van der Waals surface area contributed by atoms with Gasteiger partial charge in [-0.05, 0) is 18.4 Å². The monoisotopic (exact) mass is 286 g/mol. The smallest absolute Gasteiger partial charge is 0.269 e. The molecule has 19 heavy (non-hydrogen) atoms. The van der Waals surface area contributed by atoms with E-state index in [2.05, 4.69) is 4.98 Å². The third-order valence-corrected chi connectivity index (χ3v) is 3.10. The number of rotatable bonds is 2. The highest BCUT2D eigenvalue weighted by Gasteiger charge is 2.34. The van der Waals surface area contributed by atoms with Crippen LogP contribution in [0.2, 0.25) is 0 Å². The summed E-state index contributed by atoms with van der Waals surface area (Å²) in [6.45, 7) is 0. The Labute approximate surface area is 111 Å². The number of hydrogen-bond acceptors (Lipinski definition) is 3. The minimum Gasteiger partial charge on any atom is -0.269 e. The zero-order valence-electron chi connectivity index (χ0n) is 9.81. The van der Waals surface area contributed by atoms with E-state index in [0.717, 1.165) is 28.5 Å². The van der Waals surface area contributed by atoms with Crippen molar-refractivity contribution in [1.82, 2.24) is 9.55 Å². The Morgan fingerprint density at radius 3 is 2.53 bits per heavy atom. The molecule has 7 heteroatoms. The van der Waals surface area contributed by atoms with Crippen LogP contribution in [0, 0.1) is 0 Å². The van der Waals surface area contributed by atoms with Gasteiger partial charge in [0.25, 0.3) is 5.56 Å². The van der Waals surface area contributed by atoms with Crippen LogP contribution in [0.15, 0.2) is 46.5 Å². The molecule has 0 aliphatic heterocycles. The van der Waals surface area contributed by atoms with Gasteiger partial charge in [0, 0.05) is 12.3 Å². The van der Waals surface area contributed by atoms with Gasteiger partial charge >= 0.3 is 6.18 Å². The predicted octanol–water partition coefficient (Wildman–Crippen LogP) is 2.97. The fraction of sp³-hybridized carbons (Fsp3) is 0.167. The minimum atomic E-state index is -4.53. The molecule has 0 radical (unpaired) electrons. The average Bonchev–Trinajstić information content (AvgIpc) is 2.37. The topological polar surface area (TPSA) is 34.9 Å². The third kappa shape index (κ3) is 2.65. The van der Waals surface area contributed by atoms with Crippen LogP contribution in [0.25, 0.3) is 5.69 Å². The summed E-state index contributed by atoms with van der Waals surface area (Å²) in [4.78, 5) is 15.7. The fourth-order valence-corrected chi connectivity index (χ4v) is 2.20. The highest BCUT2D eigenvalue weighted by Crippen LogP contribution is 2.34. The number of halogens is 3. The molecule has 1 aromatic heterocycles. The second-order valence-electron chi connectivity index (χ2n) is 3.62. The van der Waals surface area contributed by atoms with Crippen molar-refractivity contribution in [2.75, 3.05) is 6.26 Å². The van der Waals surface area contributed by atoms with Crippen LogP contribution < -0.4 is 5.56 Å². The van der Waals surface area contributed by atoms with Gasteiger partial charge < -0.3 is 0 Å². The first-order chi connectivity index (χ1) is 8.95. The molecule has 0 N–H and O–H groups in total. The van der Waals surface area contributed by atoms with Crippen LogP contribution in [-0.2, 0) is 6.18 Å². The fourth-order valence-electron chi connectivity index (χ4n) is 1.67. The van der Waals surface area contributed by atoms with E-state index >= 15 is 0 Å². The normalized spacial score (nSPS) is 11.6. The molecule has 3 nitrogen and oxygen atoms in total. The van der Waals surface area contributed by atoms with Crippen LogP contribution >= 0.6 is 11.8 Å². The molecular weight excluding hydrogens is 277 g/mol. The Balaban J connectivity index is 2.77. The molecule has 0 saturated carbocycles. The first-order valence-corrected chi connectivity index (χ1v) is 6.46. The van der Waals surface area contributed by atoms with Gasteiger partial charge in [0.2, 0.25) is 0 Å². The van der Waals surface area contributed by atoms with E-state index in [-0.39, 0.29) is 10.8 Å². The van der Waals surface area contributed by atoms with Crippen molar-refractivity contribution in [1.29, 1.82) is 0 Å². The molecule has 1 aromatic carbocycles. The lowest BCUT2D eigenvalue weighted by Gasteiger charge is -2.15. The van der Waals surface area contributed by atoms with Crippen molar-refractivity contribution >= 4 is 11.8 Å². The van der Waals surface area contributed by atoms with Gasteiger partial charge in [0.1, 0.15) is 0 Å². The van der Waals surface area contributed by atoms with E-state index in [0.29, 0.717) is 0 Å². The standard InChI is InChI=1S/C12H9F3N2OS/c1-19-11-16-7-6-10(18)17(11)9-5-3-2-4-8(9)12(13,14)15/h2-7H,1H3. The quantitative estimate of drug-likeness (QED) is 0.629. The van der Waals surface area contributed by atoms with Crippen molar-refractivity contribution in [3.63, 3.8) is 0 Å². The molecule has 0 aliphatic carbocycles. The molecule has 0 unspecified atom stereocenters. The molecular formula is C12H9F3N2OS. The number of aromatic nitrogens is 2. The predicted molar refractivity (Wildman–Crippen MR) is 66.6 cm³/mol. The summed E-state index contributed by atoms with van der Waals surface area (Å²) in [5, 5.41) is 0.212. The maximum Gasteiger partial charge on any atom is 0.418 e. The van der Waals surface area contributed by atoms with E-state index in [1.165, 1.54) is 24.4 Å². The second kappa shape index (κ2) is 5.08. The molecule has 1 heterocycles. The molecule has 0 saturated heterocycles. The number of hydrogen-bond donors (Lipinski definition) is 0. The molecule has 0 aliphatic rings. The number of para-hydroxylation sites is 1. The van der Waals surface area contributed by atoms with Crippen molar-refractivity contribution in [2.24, 2.45) is 0 Å². The number of alkyl halides is 3. The molecule has 0 amide bonds. The van der Waals surface area contributed by atoms with Gasteiger partial charge in [-0.2, -0.15) is 13.2 Å². The van der Waals surface area contributed by atoms with E-state index in [1.54, 1.807) is 6.26 Å². The Bertz CT molecular complexity index is 652. The van der Waals surface area contributed by atoms with Gasteiger partial charge in [-0.15, -0.1) is 0 Å². The molecule has 0 bridgehead atoms. The highest BCUT2D eigenvalue weighted by molar-refractivity contribution is 7.98. The lowest BCUT2D eigenvalue weighted by Crippen LogP contribution is -2.23. The van der Waals surface area contributed by atoms with Crippen molar-refractivity contribution in [3.05, 3.63) is 52.4 Å². The van der Waals surface area contributed by atoms with E-state index in [4.69, 9.17) is 0 Å². The molecule has 0 spiro atoms. The van der Waals surface area contributed by atoms with E-state index < -0.39 is 17.3 Å². The van der Waals surface area contributed by atoms with E-state index in [9.17, 15) is 18.0 Å². The Morgan fingerprint density at radius 2 is 1.89 bits per heavy atom. The van der Waals surface area contributed by atoms with Gasteiger partial charge in [0.05, 0.1) is 11.3 Å². The maximum atomic E-state index is 13.0. The SMILES string of the molecule is CSc1nccc(=O)n1-c1ccccc1C(F)(F)F. The summed E-state index contributed by atoms with van der Waals surface area (Å²) >= 11 is 1.11. The van der Waals surface area contributed by atoms with Crippen LogP contribution in [0.1, 0.15) is 5.56 Å². The zero-order chi connectivity index (χ0) is 14.0. The van der Waals surface area contributed by atoms with Crippen LogP contribution in [0.5, 0.6) is 0 Å². The molecule has 2 rings (SSSR count). The summed E-state index contributed by atoms with van der Waals surface area (Å²) in [6, 6.07) is 6.07. The maximum absolute atomic E-state index is 13.0. The Hall–Kier alpha value is -1.76. The summed E-state index contributed by atoms with van der Waals surface area (Å²) in [5.74, 6) is 0. The zero-order valence-corrected chi connectivity index (χ0v) is 10.6. The van der Waals surface area contributed by atoms with Gasteiger partial charge in [-0.3, -0.25) is 9.36 Å². The van der Waals surface area contributed by atoms with Crippen LogP contribution in [0.3, 0.4) is 0 Å². The number of thioether (sulfide) groups is 1. The molecule has 0 atom stereocenters. The van der Waals surface area contributed by atoms with Crippen molar-refractivity contribution < 1.29 is 13.2 Å². The third-order valence-electron chi connectivity index (χ3n) is 2.45. The number of benzene rings is 1. The first-order valence-electron chi connectivity index (χ1n) is 5.24. The van der Waals surface area contributed by atoms with Gasteiger partial charge in [0.15, 0.2) is 5.16 Å². The summed E-state index contributed by atoms with van der Waals surface area (Å²) in [5.41, 5.74) is -1.62.